The molecule has 1 aliphatic rings. The van der Waals surface area contributed by atoms with Crippen molar-refractivity contribution in [2.24, 2.45) is 0 Å². The number of carbonyl (C=O) groups is 1. The molecular formula is C12H15NO3. The minimum Gasteiger partial charge on any atom is -0.508 e. The maximum absolute atomic E-state index is 10.9. The van der Waals surface area contributed by atoms with E-state index in [2.05, 4.69) is 5.32 Å². The highest BCUT2D eigenvalue weighted by atomic mass is 16.6. The van der Waals surface area contributed by atoms with E-state index in [0.717, 1.165) is 18.4 Å². The van der Waals surface area contributed by atoms with Crippen molar-refractivity contribution >= 4 is 6.09 Å². The predicted octanol–water partition coefficient (Wildman–Crippen LogP) is 1.82. The van der Waals surface area contributed by atoms with Gasteiger partial charge in [-0.15, -0.1) is 0 Å². The van der Waals surface area contributed by atoms with Crippen molar-refractivity contribution in [3.63, 3.8) is 0 Å². The van der Waals surface area contributed by atoms with Crippen molar-refractivity contribution in [1.82, 2.24) is 5.32 Å². The molecule has 1 saturated heterocycles. The second-order valence-electron chi connectivity index (χ2n) is 4.43. The van der Waals surface area contributed by atoms with Crippen LogP contribution in [-0.2, 0) is 11.2 Å². The van der Waals surface area contributed by atoms with Gasteiger partial charge in [-0.25, -0.2) is 4.79 Å². The zero-order chi connectivity index (χ0) is 11.6. The number of phenolic OH excluding ortho intramolecular Hbond substituents is 1. The van der Waals surface area contributed by atoms with Crippen LogP contribution in [0.4, 0.5) is 4.79 Å². The number of carbonyl (C=O) groups excluding carboxylic acids is 1. The van der Waals surface area contributed by atoms with Gasteiger partial charge in [0.1, 0.15) is 12.4 Å². The molecule has 1 atom stereocenters. The fourth-order valence-electron chi connectivity index (χ4n) is 1.76. The Balaban J connectivity index is 1.92. The first kappa shape index (κ1) is 10.8. The maximum Gasteiger partial charge on any atom is 0.407 e. The van der Waals surface area contributed by atoms with Crippen LogP contribution in [0, 0.1) is 0 Å². The Morgan fingerprint density at radius 3 is 2.69 bits per heavy atom. The normalized spacial score (nSPS) is 23.9. The van der Waals surface area contributed by atoms with Gasteiger partial charge in [0.25, 0.3) is 0 Å². The number of rotatable bonds is 3. The van der Waals surface area contributed by atoms with Crippen LogP contribution in [0.25, 0.3) is 0 Å². The zero-order valence-corrected chi connectivity index (χ0v) is 9.19. The molecule has 0 aliphatic carbocycles. The SMILES string of the molecule is CC1(CCc2ccc(O)cc2)COC(=O)N1. The van der Waals surface area contributed by atoms with E-state index < -0.39 is 0 Å². The van der Waals surface area contributed by atoms with Gasteiger partial charge in [0.2, 0.25) is 0 Å². The molecule has 1 heterocycles. The molecule has 4 nitrogen and oxygen atoms in total. The number of benzene rings is 1. The Morgan fingerprint density at radius 2 is 2.12 bits per heavy atom. The first-order valence-electron chi connectivity index (χ1n) is 5.30. The molecule has 86 valence electrons. The summed E-state index contributed by atoms with van der Waals surface area (Å²) in [7, 11) is 0. The molecule has 1 aromatic carbocycles. The van der Waals surface area contributed by atoms with Crippen LogP contribution < -0.4 is 5.32 Å². The molecule has 1 aliphatic heterocycles. The third-order valence-electron chi connectivity index (χ3n) is 2.83. The molecule has 1 amide bonds. The van der Waals surface area contributed by atoms with Gasteiger partial charge in [0.15, 0.2) is 0 Å². The van der Waals surface area contributed by atoms with E-state index in [1.807, 2.05) is 19.1 Å². The summed E-state index contributed by atoms with van der Waals surface area (Å²) in [5.74, 6) is 0.271. The number of hydrogen-bond donors (Lipinski definition) is 2. The number of phenols is 1. The van der Waals surface area contributed by atoms with Gasteiger partial charge < -0.3 is 15.2 Å². The number of hydrogen-bond acceptors (Lipinski definition) is 3. The molecule has 0 aromatic heterocycles. The zero-order valence-electron chi connectivity index (χ0n) is 9.19. The van der Waals surface area contributed by atoms with Crippen LogP contribution in [-0.4, -0.2) is 23.3 Å². The second-order valence-corrected chi connectivity index (χ2v) is 4.43. The van der Waals surface area contributed by atoms with Crippen molar-refractivity contribution in [3.8, 4) is 5.75 Å². The van der Waals surface area contributed by atoms with E-state index in [9.17, 15) is 4.79 Å². The van der Waals surface area contributed by atoms with Crippen LogP contribution in [0.5, 0.6) is 5.75 Å². The van der Waals surface area contributed by atoms with Gasteiger partial charge in [-0.3, -0.25) is 0 Å². The molecule has 0 bridgehead atoms. The van der Waals surface area contributed by atoms with E-state index >= 15 is 0 Å². The van der Waals surface area contributed by atoms with Gasteiger partial charge in [0.05, 0.1) is 5.54 Å². The lowest BCUT2D eigenvalue weighted by Gasteiger charge is -2.20. The highest BCUT2D eigenvalue weighted by molar-refractivity contribution is 5.70. The second kappa shape index (κ2) is 4.04. The lowest BCUT2D eigenvalue weighted by molar-refractivity contribution is 0.172. The fourth-order valence-corrected chi connectivity index (χ4v) is 1.76. The molecule has 1 aromatic rings. The largest absolute Gasteiger partial charge is 0.508 e. The fraction of sp³-hybridized carbons (Fsp3) is 0.417. The lowest BCUT2D eigenvalue weighted by atomic mass is 9.95. The summed E-state index contributed by atoms with van der Waals surface area (Å²) in [5, 5.41) is 11.9. The number of aryl methyl sites for hydroxylation is 1. The molecule has 16 heavy (non-hydrogen) atoms. The Morgan fingerprint density at radius 1 is 1.44 bits per heavy atom. The van der Waals surface area contributed by atoms with Gasteiger partial charge in [0, 0.05) is 0 Å². The average Bonchev–Trinajstić information content (AvgIpc) is 2.59. The Kier molecular flexibility index (Phi) is 2.73. The van der Waals surface area contributed by atoms with Gasteiger partial charge in [-0.2, -0.15) is 0 Å². The van der Waals surface area contributed by atoms with Gasteiger partial charge >= 0.3 is 6.09 Å². The standard InChI is InChI=1S/C12H15NO3/c1-12(8-16-11(15)13-12)7-6-9-2-4-10(14)5-3-9/h2-5,14H,6-8H2,1H3,(H,13,15). The Bertz CT molecular complexity index is 388. The topological polar surface area (TPSA) is 58.6 Å². The van der Waals surface area contributed by atoms with Crippen LogP contribution >= 0.6 is 0 Å². The average molecular weight is 221 g/mol. The number of amides is 1. The van der Waals surface area contributed by atoms with Gasteiger partial charge in [-0.1, -0.05) is 12.1 Å². The van der Waals surface area contributed by atoms with Crippen LogP contribution in [0.15, 0.2) is 24.3 Å². The third kappa shape index (κ3) is 2.45. The highest BCUT2D eigenvalue weighted by Gasteiger charge is 2.34. The summed E-state index contributed by atoms with van der Waals surface area (Å²) in [5.41, 5.74) is 0.870. The molecule has 4 heteroatoms. The van der Waals surface area contributed by atoms with E-state index in [-0.39, 0.29) is 17.4 Å². The minimum atomic E-state index is -0.340. The quantitative estimate of drug-likeness (QED) is 0.818. The molecule has 2 N–H and O–H groups in total. The number of aromatic hydroxyl groups is 1. The number of nitrogens with one attached hydrogen (secondary N) is 1. The van der Waals surface area contributed by atoms with Crippen molar-refractivity contribution in [2.45, 2.75) is 25.3 Å². The lowest BCUT2D eigenvalue weighted by Crippen LogP contribution is -2.40. The molecule has 1 unspecified atom stereocenters. The molecule has 2 rings (SSSR count). The minimum absolute atomic E-state index is 0.269. The van der Waals surface area contributed by atoms with Gasteiger partial charge in [-0.05, 0) is 37.5 Å². The highest BCUT2D eigenvalue weighted by Crippen LogP contribution is 2.20. The third-order valence-corrected chi connectivity index (χ3v) is 2.83. The monoisotopic (exact) mass is 221 g/mol. The van der Waals surface area contributed by atoms with Crippen molar-refractivity contribution in [2.75, 3.05) is 6.61 Å². The van der Waals surface area contributed by atoms with Crippen LogP contribution in [0.2, 0.25) is 0 Å². The molecular weight excluding hydrogens is 206 g/mol. The van der Waals surface area contributed by atoms with Crippen LogP contribution in [0.1, 0.15) is 18.9 Å². The molecule has 0 spiro atoms. The summed E-state index contributed by atoms with van der Waals surface area (Å²) in [6.07, 6.45) is 1.33. The summed E-state index contributed by atoms with van der Waals surface area (Å²) in [6.45, 7) is 2.39. The predicted molar refractivity (Wildman–Crippen MR) is 59.3 cm³/mol. The van der Waals surface area contributed by atoms with E-state index in [4.69, 9.17) is 9.84 Å². The Labute approximate surface area is 94.2 Å². The maximum atomic E-state index is 10.9. The van der Waals surface area contributed by atoms with Crippen molar-refractivity contribution in [1.29, 1.82) is 0 Å². The van der Waals surface area contributed by atoms with Crippen molar-refractivity contribution < 1.29 is 14.6 Å². The molecule has 1 fully saturated rings. The number of alkyl carbamates (subject to hydrolysis) is 1. The van der Waals surface area contributed by atoms with E-state index in [1.54, 1.807) is 12.1 Å². The smallest absolute Gasteiger partial charge is 0.407 e. The first-order chi connectivity index (χ1) is 7.57. The number of cyclic esters (lactones) is 1. The van der Waals surface area contributed by atoms with E-state index in [1.165, 1.54) is 0 Å². The molecule has 0 saturated carbocycles. The molecule has 0 radical (unpaired) electrons. The number of ether oxygens (including phenoxy) is 1. The van der Waals surface area contributed by atoms with E-state index in [0.29, 0.717) is 6.61 Å². The summed E-state index contributed by atoms with van der Waals surface area (Å²) >= 11 is 0. The van der Waals surface area contributed by atoms with Crippen LogP contribution in [0.3, 0.4) is 0 Å². The Hall–Kier alpha value is -1.71. The first-order valence-corrected chi connectivity index (χ1v) is 5.30. The van der Waals surface area contributed by atoms with Crippen molar-refractivity contribution in [3.05, 3.63) is 29.8 Å². The summed E-state index contributed by atoms with van der Waals surface area (Å²) in [6, 6.07) is 7.11. The summed E-state index contributed by atoms with van der Waals surface area (Å²) in [4.78, 5) is 10.9. The summed E-state index contributed by atoms with van der Waals surface area (Å²) < 4.78 is 4.89.